The molecule has 0 aromatic carbocycles. The Bertz CT molecular complexity index is 202. The summed E-state index contributed by atoms with van der Waals surface area (Å²) in [6.45, 7) is 7.21. The average Bonchev–Trinajstić information content (AvgIpc) is 2.47. The molecule has 0 aliphatic carbocycles. The second-order valence-corrected chi connectivity index (χ2v) is 7.57. The molecule has 0 atom stereocenters. The van der Waals surface area contributed by atoms with E-state index in [0.29, 0.717) is 0 Å². The molecule has 3 N–H and O–H groups in total. The zero-order valence-corrected chi connectivity index (χ0v) is 16.5. The van der Waals surface area contributed by atoms with E-state index in [2.05, 4.69) is 27.9 Å². The van der Waals surface area contributed by atoms with E-state index in [0.717, 1.165) is 0 Å². The molecule has 0 aliphatic rings. The Morgan fingerprint density at radius 2 is 0.818 bits per heavy atom. The molecule has 22 heavy (non-hydrogen) atoms. The Kier molecular flexibility index (Phi) is 19.0. The topological polar surface area (TPSA) is 35.0 Å². The number of nitrogens with zero attached hydrogens (tertiary/aromatic N) is 1. The van der Waals surface area contributed by atoms with E-state index in [1.54, 1.807) is 0 Å². The predicted octanol–water partition coefficient (Wildman–Crippen LogP) is 6.73. The van der Waals surface area contributed by atoms with Crippen LogP contribution in [-0.2, 0) is 0 Å². The monoisotopic (exact) mass is 315 g/mol. The molecular formula is C20H47N2+. The van der Waals surface area contributed by atoms with Gasteiger partial charge >= 0.3 is 0 Å². The highest BCUT2D eigenvalue weighted by molar-refractivity contribution is 4.49. The van der Waals surface area contributed by atoms with Crippen LogP contribution in [0.5, 0.6) is 0 Å². The van der Waals surface area contributed by atoms with Gasteiger partial charge in [0.05, 0.1) is 27.2 Å². The standard InChI is InChI=1S/C20H44N.H3N/c1-5-7-8-9-10-11-12-13-14-15-16-17-18-19-20-21(3,4)6-2;/h5-20H2,1-4H3;1H3/q+1;. The first-order valence-corrected chi connectivity index (χ1v) is 9.94. The van der Waals surface area contributed by atoms with Crippen LogP contribution in [0.4, 0.5) is 0 Å². The van der Waals surface area contributed by atoms with Gasteiger partial charge in [0.2, 0.25) is 0 Å². The van der Waals surface area contributed by atoms with Crippen molar-refractivity contribution in [2.24, 2.45) is 0 Å². The molecule has 0 spiro atoms. The highest BCUT2D eigenvalue weighted by Gasteiger charge is 2.09. The van der Waals surface area contributed by atoms with Crippen LogP contribution in [0.2, 0.25) is 0 Å². The lowest BCUT2D eigenvalue weighted by Crippen LogP contribution is -2.39. The van der Waals surface area contributed by atoms with Gasteiger partial charge in [-0.15, -0.1) is 0 Å². The third-order valence-corrected chi connectivity index (χ3v) is 4.97. The van der Waals surface area contributed by atoms with Gasteiger partial charge in [0, 0.05) is 0 Å². The number of unbranched alkanes of at least 4 members (excludes halogenated alkanes) is 13. The maximum Gasteiger partial charge on any atom is 0.0782 e. The summed E-state index contributed by atoms with van der Waals surface area (Å²) in [4.78, 5) is 0. The van der Waals surface area contributed by atoms with Gasteiger partial charge in [0.25, 0.3) is 0 Å². The van der Waals surface area contributed by atoms with Gasteiger partial charge in [-0.05, 0) is 19.8 Å². The van der Waals surface area contributed by atoms with Gasteiger partial charge in [-0.25, -0.2) is 0 Å². The molecule has 0 saturated carbocycles. The molecule has 136 valence electrons. The molecule has 0 bridgehead atoms. The van der Waals surface area contributed by atoms with Crippen molar-refractivity contribution in [1.29, 1.82) is 0 Å². The van der Waals surface area contributed by atoms with Crippen molar-refractivity contribution in [3.63, 3.8) is 0 Å². The van der Waals surface area contributed by atoms with E-state index in [9.17, 15) is 0 Å². The predicted molar refractivity (Wildman–Crippen MR) is 103 cm³/mol. The van der Waals surface area contributed by atoms with Crippen LogP contribution in [0, 0.1) is 0 Å². The SMILES string of the molecule is CCCCCCCCCCCCCCCC[N+](C)(C)CC.N. The summed E-state index contributed by atoms with van der Waals surface area (Å²) >= 11 is 0. The molecule has 0 radical (unpaired) electrons. The minimum absolute atomic E-state index is 0. The van der Waals surface area contributed by atoms with E-state index in [1.165, 1.54) is 107 Å². The zero-order valence-electron chi connectivity index (χ0n) is 16.5. The molecule has 0 unspecified atom stereocenters. The third-order valence-electron chi connectivity index (χ3n) is 4.97. The van der Waals surface area contributed by atoms with Crippen LogP contribution in [0.15, 0.2) is 0 Å². The Balaban J connectivity index is 0. The van der Waals surface area contributed by atoms with Crippen molar-refractivity contribution >= 4 is 0 Å². The Morgan fingerprint density at radius 3 is 1.14 bits per heavy atom. The summed E-state index contributed by atoms with van der Waals surface area (Å²) in [7, 11) is 4.70. The number of quaternary nitrogens is 1. The van der Waals surface area contributed by atoms with E-state index in [-0.39, 0.29) is 6.15 Å². The Morgan fingerprint density at radius 1 is 0.500 bits per heavy atom. The van der Waals surface area contributed by atoms with Crippen molar-refractivity contribution in [1.82, 2.24) is 6.15 Å². The Hall–Kier alpha value is -0.0800. The van der Waals surface area contributed by atoms with Crippen LogP contribution in [0.25, 0.3) is 0 Å². The second-order valence-electron chi connectivity index (χ2n) is 7.57. The van der Waals surface area contributed by atoms with Crippen molar-refractivity contribution in [3.8, 4) is 0 Å². The van der Waals surface area contributed by atoms with Gasteiger partial charge in [-0.3, -0.25) is 0 Å². The summed E-state index contributed by atoms with van der Waals surface area (Å²) in [6, 6.07) is 0. The van der Waals surface area contributed by atoms with Crippen molar-refractivity contribution in [2.75, 3.05) is 27.2 Å². The number of hydrogen-bond donors (Lipinski definition) is 1. The largest absolute Gasteiger partial charge is 0.344 e. The fraction of sp³-hybridized carbons (Fsp3) is 1.00. The second kappa shape index (κ2) is 17.3. The lowest BCUT2D eigenvalue weighted by Gasteiger charge is -2.28. The van der Waals surface area contributed by atoms with Gasteiger partial charge in [-0.1, -0.05) is 84.0 Å². The minimum atomic E-state index is 0. The van der Waals surface area contributed by atoms with Gasteiger partial charge < -0.3 is 10.6 Å². The van der Waals surface area contributed by atoms with Crippen LogP contribution in [0.1, 0.15) is 104 Å². The molecule has 0 rings (SSSR count). The molecule has 0 aliphatic heterocycles. The first-order chi connectivity index (χ1) is 10.1. The first-order valence-electron chi connectivity index (χ1n) is 9.94. The zero-order chi connectivity index (χ0) is 15.8. The molecule has 0 aromatic heterocycles. The molecule has 2 nitrogen and oxygen atoms in total. The molecular weight excluding hydrogens is 268 g/mol. The van der Waals surface area contributed by atoms with Crippen LogP contribution >= 0.6 is 0 Å². The minimum Gasteiger partial charge on any atom is -0.344 e. The molecule has 0 heterocycles. The van der Waals surface area contributed by atoms with Crippen LogP contribution in [0.3, 0.4) is 0 Å². The molecule has 0 fully saturated rings. The van der Waals surface area contributed by atoms with Crippen molar-refractivity contribution in [2.45, 2.75) is 104 Å². The summed E-state index contributed by atoms with van der Waals surface area (Å²) in [5.74, 6) is 0. The van der Waals surface area contributed by atoms with Crippen LogP contribution in [-0.4, -0.2) is 31.7 Å². The quantitative estimate of drug-likeness (QED) is 0.249. The average molecular weight is 316 g/mol. The third kappa shape index (κ3) is 18.0. The van der Waals surface area contributed by atoms with E-state index >= 15 is 0 Å². The van der Waals surface area contributed by atoms with Gasteiger partial charge in [0.1, 0.15) is 0 Å². The van der Waals surface area contributed by atoms with Gasteiger partial charge in [-0.2, -0.15) is 0 Å². The summed E-state index contributed by atoms with van der Waals surface area (Å²) in [5.41, 5.74) is 0. The maximum absolute atomic E-state index is 2.35. The van der Waals surface area contributed by atoms with E-state index in [1.807, 2.05) is 0 Å². The summed E-state index contributed by atoms with van der Waals surface area (Å²) in [5, 5.41) is 0. The highest BCUT2D eigenvalue weighted by atomic mass is 15.3. The van der Waals surface area contributed by atoms with Crippen molar-refractivity contribution in [3.05, 3.63) is 0 Å². The fourth-order valence-electron chi connectivity index (χ4n) is 2.89. The number of hydrogen-bond acceptors (Lipinski definition) is 1. The maximum atomic E-state index is 2.35. The molecule has 0 amide bonds. The lowest BCUT2D eigenvalue weighted by molar-refractivity contribution is -0.888. The normalized spacial score (nSPS) is 11.5. The van der Waals surface area contributed by atoms with Crippen molar-refractivity contribution < 1.29 is 4.48 Å². The fourth-order valence-corrected chi connectivity index (χ4v) is 2.89. The smallest absolute Gasteiger partial charge is 0.0782 e. The summed E-state index contributed by atoms with van der Waals surface area (Å²) in [6.07, 6.45) is 20.4. The number of rotatable bonds is 16. The summed E-state index contributed by atoms with van der Waals surface area (Å²) < 4.78 is 1.19. The van der Waals surface area contributed by atoms with E-state index in [4.69, 9.17) is 0 Å². The van der Waals surface area contributed by atoms with E-state index < -0.39 is 0 Å². The molecule has 2 heteroatoms. The first kappa shape index (κ1) is 24.2. The lowest BCUT2D eigenvalue weighted by atomic mass is 10.0. The highest BCUT2D eigenvalue weighted by Crippen LogP contribution is 2.13. The molecule has 0 saturated heterocycles. The van der Waals surface area contributed by atoms with Crippen LogP contribution < -0.4 is 6.15 Å². The van der Waals surface area contributed by atoms with Gasteiger partial charge in [0.15, 0.2) is 0 Å². The molecule has 0 aromatic rings. The Labute approximate surface area is 142 Å².